The first-order valence-electron chi connectivity index (χ1n) is 6.52. The number of thioether (sulfide) groups is 1. The molecule has 2 aromatic rings. The molecule has 6 heteroatoms. The monoisotopic (exact) mass is 304 g/mol. The molecule has 0 saturated heterocycles. The summed E-state index contributed by atoms with van der Waals surface area (Å²) < 4.78 is 6.07. The lowest BCUT2D eigenvalue weighted by atomic mass is 10.3. The van der Waals surface area contributed by atoms with Crippen molar-refractivity contribution >= 4 is 23.4 Å². The molecule has 0 atom stereocenters. The molecule has 0 aliphatic heterocycles. The lowest BCUT2D eigenvalue weighted by Gasteiger charge is -2.07. The Morgan fingerprint density at radius 3 is 2.71 bits per heavy atom. The summed E-state index contributed by atoms with van der Waals surface area (Å²) in [5.74, 6) is 0.786. The molecule has 0 aliphatic rings. The van der Waals surface area contributed by atoms with Crippen LogP contribution in [0.25, 0.3) is 0 Å². The number of aromatic nitrogens is 1. The molecule has 1 heterocycles. The van der Waals surface area contributed by atoms with Crippen molar-refractivity contribution in [3.8, 4) is 5.75 Å². The Morgan fingerprint density at radius 2 is 2.05 bits per heavy atom. The topological polar surface area (TPSA) is 65.3 Å². The molecule has 1 aromatic carbocycles. The third-order valence-corrected chi connectivity index (χ3v) is 3.61. The average Bonchev–Trinajstić information content (AvgIpc) is 2.49. The second-order valence-corrected chi connectivity index (χ2v) is 5.15. The van der Waals surface area contributed by atoms with Gasteiger partial charge in [0.25, 0.3) is 5.03 Å². The van der Waals surface area contributed by atoms with Gasteiger partial charge in [0.15, 0.2) is 6.20 Å². The number of nitrogens with one attached hydrogen (secondary N) is 1. The highest BCUT2D eigenvalue weighted by molar-refractivity contribution is 7.99. The number of hydrogen-bond acceptors (Lipinski definition) is 4. The summed E-state index contributed by atoms with van der Waals surface area (Å²) in [5, 5.41) is 14.7. The van der Waals surface area contributed by atoms with Crippen molar-refractivity contribution in [3.05, 3.63) is 53.9 Å². The van der Waals surface area contributed by atoms with Gasteiger partial charge in [0, 0.05) is 17.8 Å². The van der Waals surface area contributed by atoms with Crippen LogP contribution in [0.5, 0.6) is 5.75 Å². The SMILES string of the molecule is CCOc1ccc(NC(=O)CSc2cccc[n+]2[O-])cc1. The van der Waals surface area contributed by atoms with E-state index in [-0.39, 0.29) is 11.7 Å². The maximum absolute atomic E-state index is 11.8. The standard InChI is InChI=1S/C15H16N2O3S/c1-2-20-13-8-6-12(7-9-13)16-14(18)11-21-15-5-3-4-10-17(15)19/h3-10H,2,11H2,1H3,(H,16,18). The van der Waals surface area contributed by atoms with Gasteiger partial charge in [-0.15, -0.1) is 0 Å². The zero-order valence-corrected chi connectivity index (χ0v) is 12.4. The largest absolute Gasteiger partial charge is 0.618 e. The van der Waals surface area contributed by atoms with Gasteiger partial charge in [0.05, 0.1) is 12.4 Å². The first kappa shape index (κ1) is 15.2. The van der Waals surface area contributed by atoms with Crippen LogP contribution in [0.4, 0.5) is 5.69 Å². The van der Waals surface area contributed by atoms with E-state index in [1.807, 2.05) is 6.92 Å². The fourth-order valence-electron chi connectivity index (χ4n) is 1.66. The predicted octanol–water partition coefficient (Wildman–Crippen LogP) is 2.45. The molecule has 1 aromatic heterocycles. The van der Waals surface area contributed by atoms with E-state index in [0.717, 1.165) is 10.5 Å². The number of amides is 1. The van der Waals surface area contributed by atoms with E-state index in [4.69, 9.17) is 4.74 Å². The number of carbonyl (C=O) groups excluding carboxylic acids is 1. The molecular weight excluding hydrogens is 288 g/mol. The van der Waals surface area contributed by atoms with Crippen molar-refractivity contribution in [1.29, 1.82) is 0 Å². The number of pyridine rings is 1. The van der Waals surface area contributed by atoms with Crippen molar-refractivity contribution in [1.82, 2.24) is 0 Å². The minimum atomic E-state index is -0.159. The van der Waals surface area contributed by atoms with Gasteiger partial charge in [-0.05, 0) is 49.0 Å². The summed E-state index contributed by atoms with van der Waals surface area (Å²) in [6.45, 7) is 2.52. The molecule has 1 amide bonds. The Hall–Kier alpha value is -2.21. The smallest absolute Gasteiger partial charge is 0.251 e. The molecule has 0 bridgehead atoms. The van der Waals surface area contributed by atoms with Crippen molar-refractivity contribution in [2.75, 3.05) is 17.7 Å². The van der Waals surface area contributed by atoms with E-state index in [9.17, 15) is 10.0 Å². The molecule has 0 unspecified atom stereocenters. The van der Waals surface area contributed by atoms with Gasteiger partial charge in [-0.25, -0.2) is 0 Å². The van der Waals surface area contributed by atoms with E-state index < -0.39 is 0 Å². The van der Waals surface area contributed by atoms with Gasteiger partial charge in [0.1, 0.15) is 5.75 Å². The van der Waals surface area contributed by atoms with Crippen LogP contribution in [-0.2, 0) is 4.79 Å². The van der Waals surface area contributed by atoms with Crippen LogP contribution in [-0.4, -0.2) is 18.3 Å². The van der Waals surface area contributed by atoms with Gasteiger partial charge in [-0.3, -0.25) is 4.79 Å². The van der Waals surface area contributed by atoms with E-state index in [0.29, 0.717) is 17.3 Å². The van der Waals surface area contributed by atoms with Gasteiger partial charge in [0.2, 0.25) is 5.91 Å². The van der Waals surface area contributed by atoms with E-state index in [2.05, 4.69) is 5.32 Å². The molecular formula is C15H16N2O3S. The fourth-order valence-corrected chi connectivity index (χ4v) is 2.38. The maximum atomic E-state index is 11.8. The lowest BCUT2D eigenvalue weighted by molar-refractivity contribution is -0.645. The van der Waals surface area contributed by atoms with Crippen molar-refractivity contribution in [2.24, 2.45) is 0 Å². The molecule has 2 rings (SSSR count). The molecule has 0 saturated carbocycles. The Bertz CT molecular complexity index is 602. The molecule has 0 aliphatic carbocycles. The van der Waals surface area contributed by atoms with Crippen molar-refractivity contribution in [3.63, 3.8) is 0 Å². The second kappa shape index (κ2) is 7.54. The molecule has 21 heavy (non-hydrogen) atoms. The Labute approximate surface area is 127 Å². The molecule has 110 valence electrons. The van der Waals surface area contributed by atoms with Gasteiger partial charge < -0.3 is 15.3 Å². The summed E-state index contributed by atoms with van der Waals surface area (Å²) in [6.07, 6.45) is 1.41. The zero-order valence-electron chi connectivity index (χ0n) is 11.6. The van der Waals surface area contributed by atoms with E-state index in [1.54, 1.807) is 42.5 Å². The highest BCUT2D eigenvalue weighted by Gasteiger charge is 2.09. The molecule has 0 radical (unpaired) electrons. The molecule has 5 nitrogen and oxygen atoms in total. The molecule has 0 fully saturated rings. The Balaban J connectivity index is 1.85. The lowest BCUT2D eigenvalue weighted by Crippen LogP contribution is -2.28. The summed E-state index contributed by atoms with van der Waals surface area (Å²) in [5.41, 5.74) is 0.701. The van der Waals surface area contributed by atoms with Crippen LogP contribution in [0.3, 0.4) is 0 Å². The van der Waals surface area contributed by atoms with Crippen molar-refractivity contribution < 1.29 is 14.3 Å². The minimum Gasteiger partial charge on any atom is -0.618 e. The Kier molecular flexibility index (Phi) is 5.45. The molecule has 1 N–H and O–H groups in total. The number of anilines is 1. The Morgan fingerprint density at radius 1 is 1.29 bits per heavy atom. The zero-order chi connectivity index (χ0) is 15.1. The first-order chi connectivity index (χ1) is 10.2. The summed E-state index contributed by atoms with van der Waals surface area (Å²) >= 11 is 1.20. The van der Waals surface area contributed by atoms with Crippen LogP contribution in [0.1, 0.15) is 6.92 Å². The van der Waals surface area contributed by atoms with Gasteiger partial charge >= 0.3 is 0 Å². The normalized spacial score (nSPS) is 10.1. The number of rotatable bonds is 6. The summed E-state index contributed by atoms with van der Waals surface area (Å²) in [4.78, 5) is 11.8. The van der Waals surface area contributed by atoms with Gasteiger partial charge in [-0.1, -0.05) is 0 Å². The van der Waals surface area contributed by atoms with Crippen LogP contribution in [0.15, 0.2) is 53.7 Å². The predicted molar refractivity (Wildman–Crippen MR) is 82.4 cm³/mol. The quantitative estimate of drug-likeness (QED) is 0.506. The maximum Gasteiger partial charge on any atom is 0.251 e. The van der Waals surface area contributed by atoms with Crippen LogP contribution < -0.4 is 14.8 Å². The molecule has 0 spiro atoms. The number of ether oxygens (including phenoxy) is 1. The highest BCUT2D eigenvalue weighted by Crippen LogP contribution is 2.17. The average molecular weight is 304 g/mol. The van der Waals surface area contributed by atoms with E-state index in [1.165, 1.54) is 18.0 Å². The van der Waals surface area contributed by atoms with Crippen LogP contribution in [0.2, 0.25) is 0 Å². The number of hydrogen-bond donors (Lipinski definition) is 1. The summed E-state index contributed by atoms with van der Waals surface area (Å²) in [7, 11) is 0. The van der Waals surface area contributed by atoms with Crippen LogP contribution >= 0.6 is 11.8 Å². The number of benzene rings is 1. The second-order valence-electron chi connectivity index (χ2n) is 4.16. The summed E-state index contributed by atoms with van der Waals surface area (Å²) in [6, 6.07) is 12.3. The van der Waals surface area contributed by atoms with Crippen LogP contribution in [0, 0.1) is 5.21 Å². The third-order valence-electron chi connectivity index (χ3n) is 2.59. The minimum absolute atomic E-state index is 0.159. The first-order valence-corrected chi connectivity index (χ1v) is 7.51. The number of carbonyl (C=O) groups is 1. The van der Waals surface area contributed by atoms with Crippen molar-refractivity contribution in [2.45, 2.75) is 11.9 Å². The number of nitrogens with zero attached hydrogens (tertiary/aromatic N) is 1. The fraction of sp³-hybridized carbons (Fsp3) is 0.200. The van der Waals surface area contributed by atoms with Gasteiger partial charge in [-0.2, -0.15) is 4.73 Å². The third kappa shape index (κ3) is 4.68. The highest BCUT2D eigenvalue weighted by atomic mass is 32.2. The van der Waals surface area contributed by atoms with E-state index >= 15 is 0 Å².